The number of ether oxygens (including phenoxy) is 2. The Bertz CT molecular complexity index is 4020. The van der Waals surface area contributed by atoms with Crippen LogP contribution in [0.3, 0.4) is 0 Å². The van der Waals surface area contributed by atoms with Crippen molar-refractivity contribution in [2.75, 3.05) is 61.5 Å². The first kappa shape index (κ1) is 66.3. The van der Waals surface area contributed by atoms with E-state index in [0.717, 1.165) is 12.5 Å². The van der Waals surface area contributed by atoms with Gasteiger partial charge in [-0.15, -0.1) is 0 Å². The monoisotopic (exact) mass is 1280 g/mol. The number of likely N-dealkylation sites (tertiary alicyclic amines) is 1. The molecule has 472 valence electrons. The molecule has 0 saturated carbocycles. The van der Waals surface area contributed by atoms with Crippen molar-refractivity contribution in [2.45, 2.75) is 96.9 Å². The number of hydrogen-bond donors (Lipinski definition) is 8. The molecule has 1 aliphatic heterocycles. The van der Waals surface area contributed by atoms with Gasteiger partial charge in [-0.2, -0.15) is 22.8 Å². The Hall–Kier alpha value is -9.18. The number of aromatic nitrogens is 8. The summed E-state index contributed by atoms with van der Waals surface area (Å²) in [4.78, 5) is 128. The fraction of sp³-hybridized carbons (Fsp3) is 0.426. The maximum Gasteiger partial charge on any atom is 0.276 e. The number of hydrogen-bond acceptors (Lipinski definition) is 20. The van der Waals surface area contributed by atoms with Gasteiger partial charge in [-0.25, -0.2) is 26.8 Å². The van der Waals surface area contributed by atoms with Crippen LogP contribution in [0.2, 0.25) is 0 Å². The molecule has 34 heteroatoms. The van der Waals surface area contributed by atoms with Crippen LogP contribution in [-0.2, 0) is 69.8 Å². The van der Waals surface area contributed by atoms with Crippen LogP contribution in [0.4, 0.5) is 11.9 Å². The summed E-state index contributed by atoms with van der Waals surface area (Å²) in [5.41, 5.74) is 14.3. The van der Waals surface area contributed by atoms with Crippen molar-refractivity contribution in [3.05, 3.63) is 82.5 Å². The Kier molecular flexibility index (Phi) is 21.2. The molecule has 6 aromatic rings. The van der Waals surface area contributed by atoms with Crippen molar-refractivity contribution in [3.8, 4) is 11.5 Å². The highest BCUT2D eigenvalue weighted by Gasteiger charge is 2.38. The third-order valence-electron chi connectivity index (χ3n) is 13.7. The molecule has 9 N–H and O–H groups in total. The number of carbonyl (C=O) groups excluding carboxylic acids is 9. The average molecular weight is 1280 g/mol. The SMILES string of the molecule is CCn1nc(C)cc1C(=O)Nc1nc2cc(C(N)=O)cc(OC)c2n1C/C=C/Cn1c(NC(=O)c2cc(C)nn2CC)nc2cc(C(N)=O)cc(OCCCNC(=O)[C@H](CCS(C)(=O)=O)NC(=O)[C@H](CCS(C)(=O)=O)NC(=O)CN3C(=O)CC(S)C3=O)c21. The number of anilines is 2. The number of sulfone groups is 2. The van der Waals surface area contributed by atoms with Crippen molar-refractivity contribution >= 4 is 119 Å². The van der Waals surface area contributed by atoms with Gasteiger partial charge in [-0.1, -0.05) is 12.2 Å². The predicted molar refractivity (Wildman–Crippen MR) is 323 cm³/mol. The summed E-state index contributed by atoms with van der Waals surface area (Å²) in [6, 6.07) is 5.73. The molecule has 0 aliphatic carbocycles. The molecule has 3 atom stereocenters. The fourth-order valence-corrected chi connectivity index (χ4v) is 11.1. The molecular weight excluding hydrogens is 1210 g/mol. The van der Waals surface area contributed by atoms with E-state index in [1.807, 2.05) is 13.8 Å². The number of aryl methyl sites for hydroxylation is 4. The maximum absolute atomic E-state index is 14.0. The number of primary amides is 2. The zero-order valence-electron chi connectivity index (χ0n) is 49.1. The number of fused-ring (bicyclic) bond motifs is 2. The highest BCUT2D eigenvalue weighted by Crippen LogP contribution is 2.33. The molecule has 5 heterocycles. The number of methoxy groups -OCH3 is 1. The van der Waals surface area contributed by atoms with Gasteiger partial charge in [0.15, 0.2) is 0 Å². The molecule has 0 bridgehead atoms. The summed E-state index contributed by atoms with van der Waals surface area (Å²) in [5, 5.41) is 20.9. The minimum absolute atomic E-state index is 0.00172. The number of allylic oxidation sites excluding steroid dienone is 2. The lowest BCUT2D eigenvalue weighted by molar-refractivity contribution is -0.142. The van der Waals surface area contributed by atoms with Gasteiger partial charge in [0.2, 0.25) is 53.2 Å². The van der Waals surface area contributed by atoms with Crippen LogP contribution in [0.25, 0.3) is 22.1 Å². The van der Waals surface area contributed by atoms with Crippen LogP contribution in [0.1, 0.15) is 92.6 Å². The first-order valence-electron chi connectivity index (χ1n) is 27.5. The molecule has 31 nitrogen and oxygen atoms in total. The number of carbonyl (C=O) groups is 9. The Morgan fingerprint density at radius 3 is 1.64 bits per heavy atom. The minimum Gasteiger partial charge on any atom is -0.494 e. The Morgan fingerprint density at radius 1 is 0.716 bits per heavy atom. The lowest BCUT2D eigenvalue weighted by atomic mass is 10.1. The van der Waals surface area contributed by atoms with Crippen molar-refractivity contribution in [1.82, 2.24) is 59.5 Å². The maximum atomic E-state index is 14.0. The van der Waals surface area contributed by atoms with Crippen LogP contribution in [0, 0.1) is 13.8 Å². The summed E-state index contributed by atoms with van der Waals surface area (Å²) in [7, 11) is -6.07. The second kappa shape index (κ2) is 28.1. The molecular formula is C54H68N16O15S3. The quantitative estimate of drug-likeness (QED) is 0.0129. The molecule has 1 unspecified atom stereocenters. The minimum atomic E-state index is -3.73. The van der Waals surface area contributed by atoms with Gasteiger partial charge in [0.25, 0.3) is 11.8 Å². The van der Waals surface area contributed by atoms with Gasteiger partial charge < -0.3 is 46.0 Å². The van der Waals surface area contributed by atoms with Gasteiger partial charge in [0.05, 0.1) is 52.9 Å². The molecule has 4 aromatic heterocycles. The molecule has 9 amide bonds. The number of rotatable bonds is 30. The third-order valence-corrected chi connectivity index (χ3v) is 16.1. The number of imidazole rings is 2. The van der Waals surface area contributed by atoms with E-state index >= 15 is 0 Å². The number of benzene rings is 2. The van der Waals surface area contributed by atoms with Crippen molar-refractivity contribution in [3.63, 3.8) is 0 Å². The number of amides is 9. The topological polar surface area (TPSA) is 427 Å². The van der Waals surface area contributed by atoms with Crippen molar-refractivity contribution in [2.24, 2.45) is 11.5 Å². The molecule has 1 fully saturated rings. The lowest BCUT2D eigenvalue weighted by Gasteiger charge is -2.24. The molecule has 2 aromatic carbocycles. The van der Waals surface area contributed by atoms with Crippen LogP contribution >= 0.6 is 12.6 Å². The lowest BCUT2D eigenvalue weighted by Crippen LogP contribution is -2.55. The van der Waals surface area contributed by atoms with Gasteiger partial charge in [-0.05, 0) is 83.4 Å². The highest BCUT2D eigenvalue weighted by molar-refractivity contribution is 7.90. The number of imide groups is 1. The smallest absolute Gasteiger partial charge is 0.276 e. The molecule has 0 spiro atoms. The van der Waals surface area contributed by atoms with Crippen LogP contribution < -0.4 is 47.5 Å². The van der Waals surface area contributed by atoms with E-state index in [1.54, 1.807) is 47.3 Å². The second-order valence-corrected chi connectivity index (χ2v) is 25.8. The third kappa shape index (κ3) is 16.5. The molecule has 1 saturated heterocycles. The second-order valence-electron chi connectivity index (χ2n) is 20.6. The van der Waals surface area contributed by atoms with Crippen molar-refractivity contribution in [1.29, 1.82) is 0 Å². The summed E-state index contributed by atoms with van der Waals surface area (Å²) in [5.74, 6) is -7.92. The summed E-state index contributed by atoms with van der Waals surface area (Å²) in [6.45, 7) is 6.72. The predicted octanol–water partition coefficient (Wildman–Crippen LogP) is 0.184. The van der Waals surface area contributed by atoms with Crippen molar-refractivity contribution < 1.29 is 69.5 Å². The van der Waals surface area contributed by atoms with E-state index in [0.29, 0.717) is 34.9 Å². The molecule has 0 radical (unpaired) electrons. The molecule has 7 rings (SSSR count). The zero-order valence-corrected chi connectivity index (χ0v) is 51.6. The zero-order chi connectivity index (χ0) is 64.5. The van der Waals surface area contributed by atoms with Gasteiger partial charge >= 0.3 is 0 Å². The van der Waals surface area contributed by atoms with E-state index in [2.05, 4.69) is 54.4 Å². The van der Waals surface area contributed by atoms with Crippen LogP contribution in [-0.4, -0.2) is 182 Å². The largest absolute Gasteiger partial charge is 0.494 e. The Labute approximate surface area is 509 Å². The number of nitrogens with two attached hydrogens (primary N) is 2. The highest BCUT2D eigenvalue weighted by atomic mass is 32.2. The van der Waals surface area contributed by atoms with Crippen LogP contribution in [0.5, 0.6) is 11.5 Å². The summed E-state index contributed by atoms with van der Waals surface area (Å²) in [6.07, 6.45) is 4.06. The fourth-order valence-electron chi connectivity index (χ4n) is 9.46. The summed E-state index contributed by atoms with van der Waals surface area (Å²) >= 11 is 4.04. The van der Waals surface area contributed by atoms with E-state index < -0.39 is 121 Å². The van der Waals surface area contributed by atoms with E-state index in [4.69, 9.17) is 25.9 Å². The Balaban J connectivity index is 1.15. The van der Waals surface area contributed by atoms with Gasteiger partial charge in [-0.3, -0.25) is 68.0 Å². The first-order chi connectivity index (χ1) is 41.5. The van der Waals surface area contributed by atoms with Crippen LogP contribution in [0.15, 0.2) is 48.6 Å². The number of nitrogens with zero attached hydrogens (tertiary/aromatic N) is 9. The number of nitrogens with one attached hydrogen (secondary N) is 5. The number of thiol groups is 1. The summed E-state index contributed by atoms with van der Waals surface area (Å²) < 4.78 is 67.2. The van der Waals surface area contributed by atoms with E-state index in [1.165, 1.54) is 40.7 Å². The standard InChI is InChI=1S/C54H68N16O15S3/c1-8-69-37(21-29(3)64-69)50(77)62-53-60-35-23-31(46(55)73)25-39(84-5)44(35)66(53)16-10-11-17-67-45-36(61-54(67)63-51(78)38-22-30(4)65-70(38)9-2)24-32(47(56)74)26-40(45)85-18-12-15-57-48(75)33(13-19-87(6,80)81)59-49(76)34(14-20-88(7,82)83)58-42(71)28-68-43(72)27-41(86)52(68)79/h10-11,21-26,33-34,41,86H,8-9,12-20,27-28H2,1-7H3,(H2,55,73)(H2,56,74)(H,57,75)(H,58,71)(H,59,76)(H,60,62,77)(H,61,63,78)/b11-10+/t33-,34-,41?/m0/s1. The normalized spacial score (nSPS) is 14.3. The van der Waals surface area contributed by atoms with Gasteiger partial charge in [0.1, 0.15) is 72.2 Å². The average Bonchev–Trinajstić information content (AvgIpc) is 1.97. The molecule has 1 aliphatic rings. The molecule has 88 heavy (non-hydrogen) atoms. The first-order valence-corrected chi connectivity index (χ1v) is 32.1. The van der Waals surface area contributed by atoms with E-state index in [-0.39, 0.29) is 102 Å². The van der Waals surface area contributed by atoms with Gasteiger partial charge in [0, 0.05) is 62.8 Å². The van der Waals surface area contributed by atoms with E-state index in [9.17, 15) is 60.0 Å². The Morgan fingerprint density at radius 2 is 1.19 bits per heavy atom.